The number of nitrogens with zero attached hydrogens (tertiary/aromatic N) is 2. The van der Waals surface area contributed by atoms with Gasteiger partial charge in [0.1, 0.15) is 11.6 Å². The van der Waals surface area contributed by atoms with Gasteiger partial charge in [0.25, 0.3) is 5.91 Å². The van der Waals surface area contributed by atoms with Crippen LogP contribution < -0.4 is 5.32 Å². The van der Waals surface area contributed by atoms with Crippen LogP contribution in [0.4, 0.5) is 5.69 Å². The lowest BCUT2D eigenvalue weighted by Crippen LogP contribution is -2.13. The minimum absolute atomic E-state index is 0.0802. The standard InChI is InChI=1S/C17H16BrN3O/c1-11-8-13(12(2)21(11)3)9-14(10-19)17(22)20-16-6-4-15(18)5-7-16/h4-9H,1-3H3,(H,20,22). The molecule has 0 atom stereocenters. The molecular formula is C17H16BrN3O. The van der Waals surface area contributed by atoms with Gasteiger partial charge in [-0.15, -0.1) is 0 Å². The zero-order valence-electron chi connectivity index (χ0n) is 12.6. The molecule has 2 rings (SSSR count). The SMILES string of the molecule is Cc1cc(C=C(C#N)C(=O)Nc2ccc(Br)cc2)c(C)n1C. The Morgan fingerprint density at radius 2 is 1.95 bits per heavy atom. The van der Waals surface area contributed by atoms with E-state index in [0.717, 1.165) is 21.4 Å². The first-order chi connectivity index (χ1) is 10.4. The fourth-order valence-corrected chi connectivity index (χ4v) is 2.33. The highest BCUT2D eigenvalue weighted by Gasteiger charge is 2.12. The van der Waals surface area contributed by atoms with Gasteiger partial charge in [-0.05, 0) is 55.8 Å². The van der Waals surface area contributed by atoms with E-state index in [9.17, 15) is 10.1 Å². The second kappa shape index (κ2) is 6.63. The molecule has 112 valence electrons. The van der Waals surface area contributed by atoms with Crippen molar-refractivity contribution >= 4 is 33.6 Å². The van der Waals surface area contributed by atoms with Gasteiger partial charge in [0.05, 0.1) is 0 Å². The summed E-state index contributed by atoms with van der Waals surface area (Å²) in [6.07, 6.45) is 1.62. The molecule has 1 N–H and O–H groups in total. The van der Waals surface area contributed by atoms with Crippen molar-refractivity contribution in [1.82, 2.24) is 4.57 Å². The van der Waals surface area contributed by atoms with Crippen LogP contribution in [-0.4, -0.2) is 10.5 Å². The number of hydrogen-bond acceptors (Lipinski definition) is 2. The van der Waals surface area contributed by atoms with Crippen molar-refractivity contribution in [2.75, 3.05) is 5.32 Å². The third kappa shape index (κ3) is 3.46. The van der Waals surface area contributed by atoms with Crippen molar-refractivity contribution in [1.29, 1.82) is 5.26 Å². The number of rotatable bonds is 3. The predicted molar refractivity (Wildman–Crippen MR) is 91.2 cm³/mol. The third-order valence-electron chi connectivity index (χ3n) is 3.58. The van der Waals surface area contributed by atoms with E-state index in [1.807, 2.05) is 49.7 Å². The number of hydrogen-bond donors (Lipinski definition) is 1. The van der Waals surface area contributed by atoms with Crippen LogP contribution in [0.15, 0.2) is 40.4 Å². The summed E-state index contributed by atoms with van der Waals surface area (Å²) in [6.45, 7) is 3.94. The zero-order chi connectivity index (χ0) is 16.3. The molecule has 1 aromatic heterocycles. The molecule has 0 aliphatic rings. The van der Waals surface area contributed by atoms with E-state index in [0.29, 0.717) is 5.69 Å². The van der Waals surface area contributed by atoms with E-state index in [-0.39, 0.29) is 5.57 Å². The van der Waals surface area contributed by atoms with E-state index in [1.165, 1.54) is 0 Å². The average Bonchev–Trinajstić information content (AvgIpc) is 2.74. The summed E-state index contributed by atoms with van der Waals surface area (Å²) in [5, 5.41) is 12.0. The molecule has 1 amide bonds. The van der Waals surface area contributed by atoms with Crippen molar-refractivity contribution in [3.63, 3.8) is 0 Å². The van der Waals surface area contributed by atoms with Gasteiger partial charge < -0.3 is 9.88 Å². The first-order valence-electron chi connectivity index (χ1n) is 6.74. The molecular weight excluding hydrogens is 342 g/mol. The number of anilines is 1. The third-order valence-corrected chi connectivity index (χ3v) is 4.11. The number of nitrogens with one attached hydrogen (secondary N) is 1. The first-order valence-corrected chi connectivity index (χ1v) is 7.53. The van der Waals surface area contributed by atoms with Gasteiger partial charge in [0.15, 0.2) is 0 Å². The fourth-order valence-electron chi connectivity index (χ4n) is 2.07. The highest BCUT2D eigenvalue weighted by molar-refractivity contribution is 9.10. The van der Waals surface area contributed by atoms with Gasteiger partial charge in [-0.3, -0.25) is 4.79 Å². The van der Waals surface area contributed by atoms with Crippen molar-refractivity contribution in [2.24, 2.45) is 7.05 Å². The molecule has 0 unspecified atom stereocenters. The van der Waals surface area contributed by atoms with Crippen LogP contribution in [0.3, 0.4) is 0 Å². The van der Waals surface area contributed by atoms with Crippen LogP contribution >= 0.6 is 15.9 Å². The minimum atomic E-state index is -0.411. The number of nitriles is 1. The molecule has 0 spiro atoms. The van der Waals surface area contributed by atoms with Crippen molar-refractivity contribution < 1.29 is 4.79 Å². The van der Waals surface area contributed by atoms with Crippen molar-refractivity contribution in [3.05, 3.63) is 57.3 Å². The number of carbonyl (C=O) groups is 1. The highest BCUT2D eigenvalue weighted by Crippen LogP contribution is 2.18. The summed E-state index contributed by atoms with van der Waals surface area (Å²) >= 11 is 3.34. The Morgan fingerprint density at radius 3 is 2.45 bits per heavy atom. The molecule has 0 bridgehead atoms. The largest absolute Gasteiger partial charge is 0.352 e. The summed E-state index contributed by atoms with van der Waals surface area (Å²) in [5.74, 6) is -0.411. The number of aryl methyl sites for hydroxylation is 1. The quantitative estimate of drug-likeness (QED) is 0.667. The Bertz CT molecular complexity index is 779. The second-order valence-electron chi connectivity index (χ2n) is 5.02. The van der Waals surface area contributed by atoms with Gasteiger partial charge in [0.2, 0.25) is 0 Å². The Labute approximate surface area is 138 Å². The molecule has 2 aromatic rings. The van der Waals surface area contributed by atoms with Crippen molar-refractivity contribution in [2.45, 2.75) is 13.8 Å². The van der Waals surface area contributed by atoms with Gasteiger partial charge >= 0.3 is 0 Å². The van der Waals surface area contributed by atoms with Crippen LogP contribution in [-0.2, 0) is 11.8 Å². The Hall–Kier alpha value is -2.32. The second-order valence-corrected chi connectivity index (χ2v) is 5.93. The maximum Gasteiger partial charge on any atom is 0.266 e. The maximum absolute atomic E-state index is 12.2. The van der Waals surface area contributed by atoms with Crippen LogP contribution in [0, 0.1) is 25.2 Å². The lowest BCUT2D eigenvalue weighted by Gasteiger charge is -2.04. The number of aromatic nitrogens is 1. The Morgan fingerprint density at radius 1 is 1.32 bits per heavy atom. The lowest BCUT2D eigenvalue weighted by atomic mass is 10.1. The highest BCUT2D eigenvalue weighted by atomic mass is 79.9. The normalized spacial score (nSPS) is 11.1. The van der Waals surface area contributed by atoms with Gasteiger partial charge in [-0.1, -0.05) is 15.9 Å². The summed E-state index contributed by atoms with van der Waals surface area (Å²) < 4.78 is 2.95. The molecule has 0 aliphatic carbocycles. The van der Waals surface area contributed by atoms with Gasteiger partial charge in [0, 0.05) is 28.6 Å². The van der Waals surface area contributed by atoms with Crippen LogP contribution in [0.5, 0.6) is 0 Å². The first kappa shape index (κ1) is 16.1. The van der Waals surface area contributed by atoms with E-state index in [2.05, 4.69) is 21.2 Å². The van der Waals surface area contributed by atoms with E-state index >= 15 is 0 Å². The fraction of sp³-hybridized carbons (Fsp3) is 0.176. The molecule has 5 heteroatoms. The molecule has 0 saturated heterocycles. The molecule has 0 saturated carbocycles. The van der Waals surface area contributed by atoms with E-state index in [4.69, 9.17) is 0 Å². The number of halogens is 1. The summed E-state index contributed by atoms with van der Waals surface area (Å²) in [6, 6.07) is 11.1. The number of benzene rings is 1. The monoisotopic (exact) mass is 357 g/mol. The van der Waals surface area contributed by atoms with Gasteiger partial charge in [-0.25, -0.2) is 0 Å². The van der Waals surface area contributed by atoms with Crippen LogP contribution in [0.2, 0.25) is 0 Å². The van der Waals surface area contributed by atoms with Crippen LogP contribution in [0.25, 0.3) is 6.08 Å². The molecule has 4 nitrogen and oxygen atoms in total. The smallest absolute Gasteiger partial charge is 0.266 e. The minimum Gasteiger partial charge on any atom is -0.352 e. The van der Waals surface area contributed by atoms with Crippen LogP contribution in [0.1, 0.15) is 17.0 Å². The summed E-state index contributed by atoms with van der Waals surface area (Å²) in [5.41, 5.74) is 3.70. The van der Waals surface area contributed by atoms with E-state index in [1.54, 1.807) is 18.2 Å². The van der Waals surface area contributed by atoms with Crippen molar-refractivity contribution in [3.8, 4) is 6.07 Å². The topological polar surface area (TPSA) is 57.8 Å². The summed E-state index contributed by atoms with van der Waals surface area (Å²) in [4.78, 5) is 12.2. The van der Waals surface area contributed by atoms with E-state index < -0.39 is 5.91 Å². The zero-order valence-corrected chi connectivity index (χ0v) is 14.2. The average molecular weight is 358 g/mol. The summed E-state index contributed by atoms with van der Waals surface area (Å²) in [7, 11) is 1.95. The molecule has 0 aliphatic heterocycles. The Balaban J connectivity index is 2.25. The molecule has 0 fully saturated rings. The number of amides is 1. The predicted octanol–water partition coefficient (Wildman–Crippen LogP) is 3.95. The number of carbonyl (C=O) groups excluding carboxylic acids is 1. The maximum atomic E-state index is 12.2. The molecule has 1 heterocycles. The lowest BCUT2D eigenvalue weighted by molar-refractivity contribution is -0.112. The molecule has 0 radical (unpaired) electrons. The van der Waals surface area contributed by atoms with Gasteiger partial charge in [-0.2, -0.15) is 5.26 Å². The Kier molecular flexibility index (Phi) is 4.84. The molecule has 22 heavy (non-hydrogen) atoms. The molecule has 1 aromatic carbocycles.